The molecule has 9 heteroatoms. The summed E-state index contributed by atoms with van der Waals surface area (Å²) in [6.07, 6.45) is -0.170. The number of hydrogen-bond acceptors (Lipinski definition) is 5. The highest BCUT2D eigenvalue weighted by Crippen LogP contribution is 2.29. The van der Waals surface area contributed by atoms with E-state index in [1.807, 2.05) is 13.8 Å². The monoisotopic (exact) mass is 447 g/mol. The van der Waals surface area contributed by atoms with Gasteiger partial charge in [0.2, 0.25) is 11.8 Å². The number of hydrogen-bond donors (Lipinski definition) is 3. The highest BCUT2D eigenvalue weighted by Gasteiger charge is 2.20. The summed E-state index contributed by atoms with van der Waals surface area (Å²) in [6.45, 7) is 5.11. The molecular formula is C22H26ClN3O5. The summed E-state index contributed by atoms with van der Waals surface area (Å²) in [6, 6.07) is 11.0. The van der Waals surface area contributed by atoms with Gasteiger partial charge in [0.05, 0.1) is 25.7 Å². The van der Waals surface area contributed by atoms with Gasteiger partial charge in [-0.25, -0.2) is 0 Å². The number of ether oxygens (including phenoxy) is 2. The Kier molecular flexibility index (Phi) is 8.69. The normalized spacial score (nSPS) is 11.4. The Balaban J connectivity index is 2.03. The maximum atomic E-state index is 12.4. The molecule has 8 nitrogen and oxygen atoms in total. The van der Waals surface area contributed by atoms with Gasteiger partial charge < -0.3 is 14.8 Å². The summed E-state index contributed by atoms with van der Waals surface area (Å²) in [4.78, 5) is 36.4. The molecule has 0 aliphatic rings. The number of carbonyl (C=O) groups is 3. The van der Waals surface area contributed by atoms with E-state index in [2.05, 4.69) is 16.2 Å². The molecule has 0 bridgehead atoms. The Labute approximate surface area is 186 Å². The van der Waals surface area contributed by atoms with E-state index in [4.69, 9.17) is 21.1 Å². The number of nitrogens with one attached hydrogen (secondary N) is 3. The van der Waals surface area contributed by atoms with Gasteiger partial charge in [-0.05, 0) is 43.7 Å². The van der Waals surface area contributed by atoms with Crippen LogP contribution < -0.4 is 25.6 Å². The molecule has 0 saturated heterocycles. The van der Waals surface area contributed by atoms with E-state index in [1.165, 1.54) is 20.1 Å². The number of hydrazine groups is 1. The lowest BCUT2D eigenvalue weighted by Gasteiger charge is -2.19. The van der Waals surface area contributed by atoms with E-state index < -0.39 is 17.9 Å². The Morgan fingerprint density at radius 3 is 2.35 bits per heavy atom. The number of halogens is 1. The van der Waals surface area contributed by atoms with Crippen LogP contribution in [0.1, 0.15) is 49.2 Å². The van der Waals surface area contributed by atoms with E-state index >= 15 is 0 Å². The van der Waals surface area contributed by atoms with Gasteiger partial charge in [0.1, 0.15) is 0 Å². The van der Waals surface area contributed by atoms with Gasteiger partial charge in [0.15, 0.2) is 11.5 Å². The number of benzene rings is 2. The summed E-state index contributed by atoms with van der Waals surface area (Å²) in [5.74, 6) is -0.430. The fourth-order valence-electron chi connectivity index (χ4n) is 2.84. The van der Waals surface area contributed by atoms with Gasteiger partial charge in [-0.2, -0.15) is 0 Å². The van der Waals surface area contributed by atoms with Crippen molar-refractivity contribution in [1.29, 1.82) is 0 Å². The maximum Gasteiger partial charge on any atom is 0.269 e. The summed E-state index contributed by atoms with van der Waals surface area (Å²) >= 11 is 6.19. The molecule has 2 rings (SSSR count). The fraction of sp³-hybridized carbons (Fsp3) is 0.318. The highest BCUT2D eigenvalue weighted by atomic mass is 35.5. The van der Waals surface area contributed by atoms with E-state index in [0.717, 1.165) is 0 Å². The molecule has 166 valence electrons. The van der Waals surface area contributed by atoms with Gasteiger partial charge in [-0.1, -0.05) is 29.8 Å². The van der Waals surface area contributed by atoms with Gasteiger partial charge in [0.25, 0.3) is 5.91 Å². The molecule has 0 aliphatic heterocycles. The van der Waals surface area contributed by atoms with Crippen LogP contribution in [0.4, 0.5) is 0 Å². The van der Waals surface area contributed by atoms with Crippen LogP contribution in [0, 0.1) is 0 Å². The van der Waals surface area contributed by atoms with E-state index in [-0.39, 0.29) is 24.0 Å². The van der Waals surface area contributed by atoms with Crippen LogP contribution >= 0.6 is 11.6 Å². The molecular weight excluding hydrogens is 422 g/mol. The zero-order valence-electron chi connectivity index (χ0n) is 17.8. The first-order chi connectivity index (χ1) is 14.7. The van der Waals surface area contributed by atoms with Crippen LogP contribution in [0.3, 0.4) is 0 Å². The molecule has 0 saturated carbocycles. The Hall–Kier alpha value is -3.26. The third kappa shape index (κ3) is 7.18. The van der Waals surface area contributed by atoms with Gasteiger partial charge >= 0.3 is 0 Å². The third-order valence-corrected chi connectivity index (χ3v) is 4.50. The zero-order valence-corrected chi connectivity index (χ0v) is 18.6. The van der Waals surface area contributed by atoms with Crippen LogP contribution in [-0.4, -0.2) is 30.9 Å². The molecule has 0 spiro atoms. The van der Waals surface area contributed by atoms with E-state index in [1.54, 1.807) is 36.4 Å². The predicted molar refractivity (Wildman–Crippen MR) is 117 cm³/mol. The summed E-state index contributed by atoms with van der Waals surface area (Å²) in [5, 5.41) is 3.12. The molecule has 0 radical (unpaired) electrons. The van der Waals surface area contributed by atoms with Gasteiger partial charge in [-0.3, -0.25) is 25.2 Å². The van der Waals surface area contributed by atoms with Crippen LogP contribution in [0.5, 0.6) is 11.5 Å². The first-order valence-electron chi connectivity index (χ1n) is 9.66. The molecule has 2 aromatic rings. The Morgan fingerprint density at radius 2 is 1.74 bits per heavy atom. The standard InChI is InChI=1S/C22H26ClN3O5/c1-13(2)31-19-10-9-15(11-20(19)30-4)22(29)26-25-21(28)12-18(24-14(3)27)16-7-5-6-8-17(16)23/h5-11,13,18H,12H2,1-4H3,(H,24,27)(H,25,28)(H,26,29)/t18-/m0/s1. The molecule has 2 aromatic carbocycles. The minimum Gasteiger partial charge on any atom is -0.493 e. The largest absolute Gasteiger partial charge is 0.493 e. The fourth-order valence-corrected chi connectivity index (χ4v) is 3.10. The molecule has 0 heterocycles. The van der Waals surface area contributed by atoms with Crippen LogP contribution in [0.2, 0.25) is 5.02 Å². The van der Waals surface area contributed by atoms with Crippen molar-refractivity contribution in [2.75, 3.05) is 7.11 Å². The number of rotatable bonds is 8. The quantitative estimate of drug-likeness (QED) is 0.539. The van der Waals surface area contributed by atoms with Crippen molar-refractivity contribution in [3.63, 3.8) is 0 Å². The van der Waals surface area contributed by atoms with Crippen molar-refractivity contribution in [1.82, 2.24) is 16.2 Å². The number of methoxy groups -OCH3 is 1. The van der Waals surface area contributed by atoms with Crippen LogP contribution in [0.15, 0.2) is 42.5 Å². The number of amides is 3. The molecule has 31 heavy (non-hydrogen) atoms. The summed E-state index contributed by atoms with van der Waals surface area (Å²) < 4.78 is 10.9. The lowest BCUT2D eigenvalue weighted by Crippen LogP contribution is -2.43. The topological polar surface area (TPSA) is 106 Å². The zero-order chi connectivity index (χ0) is 23.0. The first kappa shape index (κ1) is 24.0. The average molecular weight is 448 g/mol. The molecule has 3 N–H and O–H groups in total. The van der Waals surface area contributed by atoms with Crippen molar-refractivity contribution in [3.8, 4) is 11.5 Å². The Bertz CT molecular complexity index is 948. The third-order valence-electron chi connectivity index (χ3n) is 4.15. The maximum absolute atomic E-state index is 12.4. The van der Waals surface area contributed by atoms with Crippen molar-refractivity contribution < 1.29 is 23.9 Å². The Morgan fingerprint density at radius 1 is 1.03 bits per heavy atom. The second-order valence-corrected chi connectivity index (χ2v) is 7.42. The lowest BCUT2D eigenvalue weighted by atomic mass is 10.0. The molecule has 3 amide bonds. The smallest absolute Gasteiger partial charge is 0.269 e. The van der Waals surface area contributed by atoms with Crippen molar-refractivity contribution in [2.24, 2.45) is 0 Å². The van der Waals surface area contributed by atoms with Gasteiger partial charge in [-0.15, -0.1) is 0 Å². The number of carbonyl (C=O) groups excluding carboxylic acids is 3. The van der Waals surface area contributed by atoms with Crippen LogP contribution in [0.25, 0.3) is 0 Å². The summed E-state index contributed by atoms with van der Waals surface area (Å²) in [5.41, 5.74) is 5.59. The first-order valence-corrected chi connectivity index (χ1v) is 10.0. The molecule has 0 fully saturated rings. The minimum absolute atomic E-state index is 0.0532. The second-order valence-electron chi connectivity index (χ2n) is 7.01. The van der Waals surface area contributed by atoms with Crippen molar-refractivity contribution in [3.05, 3.63) is 58.6 Å². The van der Waals surface area contributed by atoms with Crippen molar-refractivity contribution in [2.45, 2.75) is 39.3 Å². The summed E-state index contributed by atoms with van der Waals surface area (Å²) in [7, 11) is 1.48. The lowest BCUT2D eigenvalue weighted by molar-refractivity contribution is -0.123. The minimum atomic E-state index is -0.643. The van der Waals surface area contributed by atoms with Gasteiger partial charge in [0, 0.05) is 17.5 Å². The van der Waals surface area contributed by atoms with Crippen LogP contribution in [-0.2, 0) is 9.59 Å². The molecule has 1 atom stereocenters. The molecule has 0 aliphatic carbocycles. The van der Waals surface area contributed by atoms with Crippen molar-refractivity contribution >= 4 is 29.3 Å². The predicted octanol–water partition coefficient (Wildman–Crippen LogP) is 3.16. The van der Waals surface area contributed by atoms with E-state index in [9.17, 15) is 14.4 Å². The molecule has 0 aromatic heterocycles. The second kappa shape index (κ2) is 11.2. The SMILES string of the molecule is COc1cc(C(=O)NNC(=O)C[C@H](NC(C)=O)c2ccccc2Cl)ccc1OC(C)C. The average Bonchev–Trinajstić information content (AvgIpc) is 2.71. The van der Waals surface area contributed by atoms with E-state index in [0.29, 0.717) is 22.1 Å². The molecule has 0 unspecified atom stereocenters. The highest BCUT2D eigenvalue weighted by molar-refractivity contribution is 6.31.